The summed E-state index contributed by atoms with van der Waals surface area (Å²) < 4.78 is 16.3. The fourth-order valence-corrected chi connectivity index (χ4v) is 3.83. The van der Waals surface area contributed by atoms with E-state index in [0.29, 0.717) is 19.6 Å². The van der Waals surface area contributed by atoms with Crippen molar-refractivity contribution in [3.8, 4) is 5.75 Å². The number of nitrogens with zero attached hydrogens (tertiary/aromatic N) is 1. The number of benzene rings is 2. The number of esters is 1. The molecule has 1 N–H and O–H groups in total. The lowest BCUT2D eigenvalue weighted by atomic mass is 10.1. The normalized spacial score (nSPS) is 11.8. The molecule has 0 aliphatic heterocycles. The van der Waals surface area contributed by atoms with Gasteiger partial charge in [-0.2, -0.15) is 0 Å². The van der Waals surface area contributed by atoms with Gasteiger partial charge in [-0.05, 0) is 50.2 Å². The average molecular weight is 499 g/mol. The van der Waals surface area contributed by atoms with Gasteiger partial charge in [0.25, 0.3) is 0 Å². The maximum absolute atomic E-state index is 12.4. The average Bonchev–Trinajstić information content (AvgIpc) is 2.87. The summed E-state index contributed by atoms with van der Waals surface area (Å²) in [6, 6.07) is 17.2. The van der Waals surface area contributed by atoms with Crippen LogP contribution in [0.1, 0.15) is 56.1 Å². The number of nitrogens with one attached hydrogen (secondary N) is 1. The molecule has 0 spiro atoms. The molecule has 1 amide bonds. The highest BCUT2D eigenvalue weighted by molar-refractivity contribution is 5.77. The second kappa shape index (κ2) is 17.5. The Balaban J connectivity index is 1.54. The van der Waals surface area contributed by atoms with Crippen LogP contribution < -0.4 is 10.1 Å². The van der Waals surface area contributed by atoms with E-state index in [-0.39, 0.29) is 30.9 Å². The second-order valence-corrected chi connectivity index (χ2v) is 9.30. The van der Waals surface area contributed by atoms with Gasteiger partial charge < -0.3 is 24.4 Å². The molecule has 0 aliphatic rings. The summed E-state index contributed by atoms with van der Waals surface area (Å²) >= 11 is 0. The monoisotopic (exact) mass is 498 g/mol. The van der Waals surface area contributed by atoms with E-state index in [0.717, 1.165) is 55.6 Å². The third-order valence-corrected chi connectivity index (χ3v) is 5.73. The van der Waals surface area contributed by atoms with E-state index < -0.39 is 0 Å². The summed E-state index contributed by atoms with van der Waals surface area (Å²) in [5, 5.41) is 3.01. The smallest absolute Gasteiger partial charge is 0.308 e. The number of amides is 1. The first-order valence-corrected chi connectivity index (χ1v) is 12.8. The molecule has 2 aromatic rings. The van der Waals surface area contributed by atoms with Crippen LogP contribution in [0.25, 0.3) is 0 Å². The summed E-state index contributed by atoms with van der Waals surface area (Å²) in [5.74, 6) is 0.530. The van der Waals surface area contributed by atoms with Crippen LogP contribution >= 0.6 is 0 Å². The van der Waals surface area contributed by atoms with E-state index in [4.69, 9.17) is 14.2 Å². The predicted octanol–water partition coefficient (Wildman–Crippen LogP) is 4.73. The molecule has 0 fully saturated rings. The lowest BCUT2D eigenvalue weighted by Crippen LogP contribution is -2.43. The first kappa shape index (κ1) is 29.3. The Kier molecular flexibility index (Phi) is 14.3. The van der Waals surface area contributed by atoms with Gasteiger partial charge in [0, 0.05) is 19.6 Å². The van der Waals surface area contributed by atoms with Gasteiger partial charge in [0.1, 0.15) is 12.4 Å². The van der Waals surface area contributed by atoms with Crippen LogP contribution in [0.4, 0.5) is 0 Å². The highest BCUT2D eigenvalue weighted by atomic mass is 16.5. The SMILES string of the molecule is COc1ccc(COCCCCCCCC(=O)N[C@H](CC(=O)OCc2ccccc2)CN(C)C)cc1. The molecule has 0 aliphatic carbocycles. The molecule has 2 aromatic carbocycles. The Labute approximate surface area is 216 Å². The summed E-state index contributed by atoms with van der Waals surface area (Å²) in [4.78, 5) is 26.7. The predicted molar refractivity (Wildman–Crippen MR) is 142 cm³/mol. The van der Waals surface area contributed by atoms with Crippen molar-refractivity contribution in [2.45, 2.75) is 64.2 Å². The summed E-state index contributed by atoms with van der Waals surface area (Å²) in [7, 11) is 5.51. The topological polar surface area (TPSA) is 77.1 Å². The van der Waals surface area contributed by atoms with E-state index >= 15 is 0 Å². The Bertz CT molecular complexity index is 871. The minimum Gasteiger partial charge on any atom is -0.497 e. The van der Waals surface area contributed by atoms with Gasteiger partial charge >= 0.3 is 5.97 Å². The van der Waals surface area contributed by atoms with Crippen molar-refractivity contribution in [3.05, 3.63) is 65.7 Å². The minimum absolute atomic E-state index is 0.0134. The molecule has 0 bridgehead atoms. The largest absolute Gasteiger partial charge is 0.497 e. The van der Waals surface area contributed by atoms with E-state index in [1.807, 2.05) is 73.6 Å². The summed E-state index contributed by atoms with van der Waals surface area (Å²) in [6.45, 7) is 2.18. The highest BCUT2D eigenvalue weighted by Crippen LogP contribution is 2.12. The molecular formula is C29H42N2O5. The Morgan fingerprint density at radius 2 is 1.53 bits per heavy atom. The van der Waals surface area contributed by atoms with Crippen LogP contribution in [0, 0.1) is 0 Å². The van der Waals surface area contributed by atoms with Crippen molar-refractivity contribution < 1.29 is 23.8 Å². The molecule has 198 valence electrons. The van der Waals surface area contributed by atoms with E-state index in [9.17, 15) is 9.59 Å². The maximum Gasteiger partial charge on any atom is 0.308 e. The zero-order valence-corrected chi connectivity index (χ0v) is 22.0. The number of hydrogen-bond acceptors (Lipinski definition) is 6. The number of likely N-dealkylation sites (N-methyl/N-ethyl adjacent to an activating group) is 1. The number of unbranched alkanes of at least 4 members (excludes halogenated alkanes) is 4. The van der Waals surface area contributed by atoms with Crippen molar-refractivity contribution in [1.29, 1.82) is 0 Å². The number of rotatable bonds is 18. The number of carbonyl (C=O) groups is 2. The molecule has 36 heavy (non-hydrogen) atoms. The first-order valence-electron chi connectivity index (χ1n) is 12.8. The number of carbonyl (C=O) groups excluding carboxylic acids is 2. The van der Waals surface area contributed by atoms with E-state index in [1.165, 1.54) is 0 Å². The molecule has 0 radical (unpaired) electrons. The number of methoxy groups -OCH3 is 1. The quantitative estimate of drug-likeness (QED) is 0.236. The van der Waals surface area contributed by atoms with Gasteiger partial charge in [0.2, 0.25) is 5.91 Å². The van der Waals surface area contributed by atoms with Crippen LogP contribution in [-0.2, 0) is 32.3 Å². The molecule has 0 saturated heterocycles. The minimum atomic E-state index is -0.305. The van der Waals surface area contributed by atoms with Crippen molar-refractivity contribution in [1.82, 2.24) is 10.2 Å². The number of ether oxygens (including phenoxy) is 3. The first-order chi connectivity index (χ1) is 17.5. The van der Waals surface area contributed by atoms with Gasteiger partial charge in [0.15, 0.2) is 0 Å². The molecule has 7 nitrogen and oxygen atoms in total. The Morgan fingerprint density at radius 3 is 2.22 bits per heavy atom. The van der Waals surface area contributed by atoms with Crippen LogP contribution in [0.3, 0.4) is 0 Å². The molecule has 0 saturated carbocycles. The van der Waals surface area contributed by atoms with Crippen LogP contribution in [-0.4, -0.2) is 57.2 Å². The lowest BCUT2D eigenvalue weighted by molar-refractivity contribution is -0.145. The van der Waals surface area contributed by atoms with E-state index in [1.54, 1.807) is 7.11 Å². The summed E-state index contributed by atoms with van der Waals surface area (Å²) in [6.07, 6.45) is 5.64. The van der Waals surface area contributed by atoms with Gasteiger partial charge in [-0.25, -0.2) is 0 Å². The Morgan fingerprint density at radius 1 is 0.861 bits per heavy atom. The highest BCUT2D eigenvalue weighted by Gasteiger charge is 2.18. The summed E-state index contributed by atoms with van der Waals surface area (Å²) in [5.41, 5.74) is 2.08. The molecule has 2 rings (SSSR count). The van der Waals surface area contributed by atoms with Crippen LogP contribution in [0.2, 0.25) is 0 Å². The van der Waals surface area contributed by atoms with Crippen LogP contribution in [0.15, 0.2) is 54.6 Å². The van der Waals surface area contributed by atoms with Gasteiger partial charge in [-0.15, -0.1) is 0 Å². The lowest BCUT2D eigenvalue weighted by Gasteiger charge is -2.22. The fraction of sp³-hybridized carbons (Fsp3) is 0.517. The molecule has 1 atom stereocenters. The fourth-order valence-electron chi connectivity index (χ4n) is 3.83. The number of hydrogen-bond donors (Lipinski definition) is 1. The van der Waals surface area contributed by atoms with Crippen molar-refractivity contribution in [2.75, 3.05) is 34.4 Å². The molecule has 7 heteroatoms. The molecule has 0 unspecified atom stereocenters. The zero-order valence-electron chi connectivity index (χ0n) is 22.0. The standard InChI is InChI=1S/C29H42N2O5/c1-31(2)21-26(20-29(33)36-23-24-12-8-7-9-13-24)30-28(32)14-10-5-4-6-11-19-35-22-25-15-17-27(34-3)18-16-25/h7-9,12-13,15-18,26H,4-6,10-11,14,19-23H2,1-3H3,(H,30,32)/t26-/m1/s1. The third-order valence-electron chi connectivity index (χ3n) is 5.73. The van der Waals surface area contributed by atoms with Crippen molar-refractivity contribution >= 4 is 11.9 Å². The van der Waals surface area contributed by atoms with Gasteiger partial charge in [0.05, 0.1) is 26.2 Å². The van der Waals surface area contributed by atoms with E-state index in [2.05, 4.69) is 5.32 Å². The zero-order chi connectivity index (χ0) is 26.0. The van der Waals surface area contributed by atoms with Gasteiger partial charge in [-0.1, -0.05) is 61.7 Å². The maximum atomic E-state index is 12.4. The molecular weight excluding hydrogens is 456 g/mol. The third kappa shape index (κ3) is 13.3. The second-order valence-electron chi connectivity index (χ2n) is 9.30. The van der Waals surface area contributed by atoms with Gasteiger partial charge in [-0.3, -0.25) is 9.59 Å². The van der Waals surface area contributed by atoms with Crippen molar-refractivity contribution in [2.24, 2.45) is 0 Å². The molecule has 0 aromatic heterocycles. The Hall–Kier alpha value is -2.90. The van der Waals surface area contributed by atoms with Crippen LogP contribution in [0.5, 0.6) is 5.75 Å². The molecule has 0 heterocycles. The van der Waals surface area contributed by atoms with Crippen molar-refractivity contribution in [3.63, 3.8) is 0 Å².